The highest BCUT2D eigenvalue weighted by Gasteiger charge is 2.14. The van der Waals surface area contributed by atoms with E-state index in [0.717, 1.165) is 41.5 Å². The van der Waals surface area contributed by atoms with E-state index in [4.69, 9.17) is 22.1 Å². The van der Waals surface area contributed by atoms with E-state index < -0.39 is 0 Å². The van der Waals surface area contributed by atoms with E-state index in [1.165, 1.54) is 5.56 Å². The van der Waals surface area contributed by atoms with Crippen LogP contribution < -0.4 is 10.5 Å². The molecule has 0 amide bonds. The molecule has 2 aromatic rings. The van der Waals surface area contributed by atoms with Gasteiger partial charge in [-0.25, -0.2) is 0 Å². The van der Waals surface area contributed by atoms with Gasteiger partial charge in [0.25, 0.3) is 0 Å². The highest BCUT2D eigenvalue weighted by molar-refractivity contribution is 6.31. The molecule has 2 rings (SSSR count). The minimum Gasteiger partial charge on any atom is -0.487 e. The van der Waals surface area contributed by atoms with E-state index in [1.807, 2.05) is 35.9 Å². The van der Waals surface area contributed by atoms with Crippen molar-refractivity contribution in [2.75, 3.05) is 6.54 Å². The Morgan fingerprint density at radius 1 is 1.24 bits per heavy atom. The van der Waals surface area contributed by atoms with Crippen LogP contribution in [-0.4, -0.2) is 16.3 Å². The van der Waals surface area contributed by atoms with Gasteiger partial charge in [-0.15, -0.1) is 0 Å². The van der Waals surface area contributed by atoms with E-state index >= 15 is 0 Å². The van der Waals surface area contributed by atoms with Crippen LogP contribution in [0.5, 0.6) is 5.75 Å². The Kier molecular flexibility index (Phi) is 5.65. The first-order chi connectivity index (χ1) is 10.2. The summed E-state index contributed by atoms with van der Waals surface area (Å²) in [7, 11) is 0. The van der Waals surface area contributed by atoms with Crippen LogP contribution >= 0.6 is 11.6 Å². The van der Waals surface area contributed by atoms with E-state index in [1.54, 1.807) is 0 Å². The molecule has 0 atom stereocenters. The topological polar surface area (TPSA) is 53.1 Å². The number of hydrogen-bond acceptors (Lipinski definition) is 3. The second kappa shape index (κ2) is 7.48. The van der Waals surface area contributed by atoms with Gasteiger partial charge in [0.15, 0.2) is 0 Å². The molecule has 1 heterocycles. The SMILES string of the molecule is CCc1nn(CC)c(COc2ccc(CCN)cc2)c1Cl. The molecule has 1 aromatic heterocycles. The van der Waals surface area contributed by atoms with Crippen molar-refractivity contribution in [3.05, 3.63) is 46.2 Å². The number of rotatable bonds is 7. The quantitative estimate of drug-likeness (QED) is 0.854. The highest BCUT2D eigenvalue weighted by Crippen LogP contribution is 2.23. The molecule has 2 N–H and O–H groups in total. The third-order valence-electron chi connectivity index (χ3n) is 3.43. The largest absolute Gasteiger partial charge is 0.487 e. The van der Waals surface area contributed by atoms with Gasteiger partial charge in [-0.05, 0) is 44.0 Å². The number of benzene rings is 1. The first-order valence-corrected chi connectivity index (χ1v) is 7.73. The maximum Gasteiger partial charge on any atom is 0.131 e. The lowest BCUT2D eigenvalue weighted by atomic mass is 10.1. The number of aromatic nitrogens is 2. The van der Waals surface area contributed by atoms with Crippen LogP contribution in [0.15, 0.2) is 24.3 Å². The van der Waals surface area contributed by atoms with Crippen molar-refractivity contribution in [3.8, 4) is 5.75 Å². The maximum absolute atomic E-state index is 6.36. The van der Waals surface area contributed by atoms with E-state index in [-0.39, 0.29) is 0 Å². The van der Waals surface area contributed by atoms with Crippen molar-refractivity contribution in [1.29, 1.82) is 0 Å². The molecular formula is C16H22ClN3O. The van der Waals surface area contributed by atoms with Gasteiger partial charge < -0.3 is 10.5 Å². The Morgan fingerprint density at radius 2 is 1.95 bits per heavy atom. The highest BCUT2D eigenvalue weighted by atomic mass is 35.5. The van der Waals surface area contributed by atoms with Gasteiger partial charge in [-0.1, -0.05) is 30.7 Å². The normalized spacial score (nSPS) is 10.9. The fourth-order valence-electron chi connectivity index (χ4n) is 2.23. The average Bonchev–Trinajstić information content (AvgIpc) is 2.82. The predicted molar refractivity (Wildman–Crippen MR) is 85.8 cm³/mol. The zero-order valence-electron chi connectivity index (χ0n) is 12.6. The van der Waals surface area contributed by atoms with Gasteiger partial charge in [0.2, 0.25) is 0 Å². The summed E-state index contributed by atoms with van der Waals surface area (Å²) in [4.78, 5) is 0. The molecule has 21 heavy (non-hydrogen) atoms. The average molecular weight is 308 g/mol. The van der Waals surface area contributed by atoms with Crippen LogP contribution in [0.4, 0.5) is 0 Å². The first-order valence-electron chi connectivity index (χ1n) is 7.35. The molecule has 0 fully saturated rings. The zero-order chi connectivity index (χ0) is 15.2. The van der Waals surface area contributed by atoms with Crippen LogP contribution in [0.1, 0.15) is 30.8 Å². The van der Waals surface area contributed by atoms with Gasteiger partial charge in [0.1, 0.15) is 12.4 Å². The molecule has 0 bridgehead atoms. The Hall–Kier alpha value is -1.52. The maximum atomic E-state index is 6.36. The third-order valence-corrected chi connectivity index (χ3v) is 3.86. The number of nitrogens with two attached hydrogens (primary N) is 1. The minimum absolute atomic E-state index is 0.426. The molecule has 0 saturated carbocycles. The fraction of sp³-hybridized carbons (Fsp3) is 0.438. The second-order valence-electron chi connectivity index (χ2n) is 4.85. The van der Waals surface area contributed by atoms with Crippen molar-refractivity contribution in [3.63, 3.8) is 0 Å². The molecule has 0 unspecified atom stereocenters. The fourth-order valence-corrected chi connectivity index (χ4v) is 2.55. The smallest absolute Gasteiger partial charge is 0.131 e. The Balaban J connectivity index is 2.07. The van der Waals surface area contributed by atoms with Gasteiger partial charge in [0.05, 0.1) is 16.4 Å². The summed E-state index contributed by atoms with van der Waals surface area (Å²) in [6.07, 6.45) is 1.71. The summed E-state index contributed by atoms with van der Waals surface area (Å²) in [5.74, 6) is 0.828. The van der Waals surface area contributed by atoms with Crippen LogP contribution in [0, 0.1) is 0 Å². The summed E-state index contributed by atoms with van der Waals surface area (Å²) >= 11 is 6.36. The third kappa shape index (κ3) is 3.77. The number of hydrogen-bond donors (Lipinski definition) is 1. The van der Waals surface area contributed by atoms with Crippen molar-refractivity contribution in [1.82, 2.24) is 9.78 Å². The first kappa shape index (κ1) is 15.9. The Morgan fingerprint density at radius 3 is 2.52 bits per heavy atom. The molecule has 0 aliphatic rings. The molecule has 5 heteroatoms. The van der Waals surface area contributed by atoms with Crippen molar-refractivity contribution >= 4 is 11.6 Å². The predicted octanol–water partition coefficient (Wildman–Crippen LogP) is 3.20. The van der Waals surface area contributed by atoms with Crippen LogP contribution in [0.25, 0.3) is 0 Å². The molecule has 0 spiro atoms. The Labute approximate surface area is 130 Å². The van der Waals surface area contributed by atoms with Crippen molar-refractivity contribution in [2.45, 2.75) is 39.8 Å². The van der Waals surface area contributed by atoms with Crippen LogP contribution in [0.3, 0.4) is 0 Å². The molecule has 114 valence electrons. The van der Waals surface area contributed by atoms with E-state index in [0.29, 0.717) is 13.2 Å². The van der Waals surface area contributed by atoms with Gasteiger partial charge in [0, 0.05) is 6.54 Å². The van der Waals surface area contributed by atoms with Crippen LogP contribution in [0.2, 0.25) is 5.02 Å². The number of halogens is 1. The second-order valence-corrected chi connectivity index (χ2v) is 5.23. The van der Waals surface area contributed by atoms with Gasteiger partial charge in [-0.2, -0.15) is 5.10 Å². The van der Waals surface area contributed by atoms with Crippen molar-refractivity contribution in [2.24, 2.45) is 5.73 Å². The molecule has 0 aliphatic carbocycles. The summed E-state index contributed by atoms with van der Waals surface area (Å²) in [5, 5.41) is 5.21. The van der Waals surface area contributed by atoms with Crippen molar-refractivity contribution < 1.29 is 4.74 Å². The number of ether oxygens (including phenoxy) is 1. The van der Waals surface area contributed by atoms with E-state index in [9.17, 15) is 0 Å². The summed E-state index contributed by atoms with van der Waals surface area (Å²) in [6.45, 7) is 5.97. The summed E-state index contributed by atoms with van der Waals surface area (Å²) in [5.41, 5.74) is 8.62. The standard InChI is InChI=1S/C16H22ClN3O/c1-3-14-16(17)15(20(4-2)19-14)11-21-13-7-5-12(6-8-13)9-10-18/h5-8H,3-4,9-11,18H2,1-2H3. The van der Waals surface area contributed by atoms with E-state index in [2.05, 4.69) is 12.0 Å². The lowest BCUT2D eigenvalue weighted by Crippen LogP contribution is -2.06. The molecular weight excluding hydrogens is 286 g/mol. The summed E-state index contributed by atoms with van der Waals surface area (Å²) < 4.78 is 7.74. The zero-order valence-corrected chi connectivity index (χ0v) is 13.4. The lowest BCUT2D eigenvalue weighted by molar-refractivity contribution is 0.292. The molecule has 0 aliphatic heterocycles. The van der Waals surface area contributed by atoms with Gasteiger partial charge in [-0.3, -0.25) is 4.68 Å². The monoisotopic (exact) mass is 307 g/mol. The molecule has 4 nitrogen and oxygen atoms in total. The van der Waals surface area contributed by atoms with Crippen LogP contribution in [-0.2, 0) is 26.0 Å². The Bertz CT molecular complexity index is 578. The molecule has 1 aromatic carbocycles. The molecule has 0 radical (unpaired) electrons. The number of nitrogens with zero attached hydrogens (tertiary/aromatic N) is 2. The summed E-state index contributed by atoms with van der Waals surface area (Å²) in [6, 6.07) is 8.01. The van der Waals surface area contributed by atoms with Gasteiger partial charge >= 0.3 is 0 Å². The molecule has 0 saturated heterocycles. The lowest BCUT2D eigenvalue weighted by Gasteiger charge is -2.09. The number of aryl methyl sites for hydroxylation is 2. The minimum atomic E-state index is 0.426.